The first-order valence-electron chi connectivity index (χ1n) is 14.3. The third-order valence-corrected chi connectivity index (χ3v) is 6.61. The lowest BCUT2D eigenvalue weighted by molar-refractivity contribution is 0.0211. The zero-order valence-corrected chi connectivity index (χ0v) is 25.1. The van der Waals surface area contributed by atoms with E-state index in [2.05, 4.69) is 40.1 Å². The lowest BCUT2D eigenvalue weighted by atomic mass is 10.1. The van der Waals surface area contributed by atoms with Crippen LogP contribution in [0.4, 0.5) is 10.5 Å². The summed E-state index contributed by atoms with van der Waals surface area (Å²) in [4.78, 5) is 52.0. The monoisotopic (exact) mass is 595 g/mol. The summed E-state index contributed by atoms with van der Waals surface area (Å²) in [6.07, 6.45) is 10.0. The van der Waals surface area contributed by atoms with Gasteiger partial charge in [-0.3, -0.25) is 14.6 Å². The predicted molar refractivity (Wildman–Crippen MR) is 165 cm³/mol. The molecular formula is C32H37N9O3. The van der Waals surface area contributed by atoms with Crippen LogP contribution in [0.25, 0.3) is 0 Å². The summed E-state index contributed by atoms with van der Waals surface area (Å²) < 4.78 is 5.60. The van der Waals surface area contributed by atoms with E-state index in [1.165, 1.54) is 0 Å². The second-order valence-corrected chi connectivity index (χ2v) is 11.4. The predicted octanol–water partition coefficient (Wildman–Crippen LogP) is 5.25. The molecule has 12 nitrogen and oxygen atoms in total. The van der Waals surface area contributed by atoms with Gasteiger partial charge < -0.3 is 25.0 Å². The zero-order valence-electron chi connectivity index (χ0n) is 25.1. The number of aromatic amines is 3. The number of rotatable bonds is 12. The van der Waals surface area contributed by atoms with Crippen molar-refractivity contribution >= 4 is 17.7 Å². The van der Waals surface area contributed by atoms with Crippen LogP contribution in [0.15, 0.2) is 85.7 Å². The van der Waals surface area contributed by atoms with Gasteiger partial charge in [0.1, 0.15) is 23.1 Å². The summed E-state index contributed by atoms with van der Waals surface area (Å²) >= 11 is 0. The molecule has 0 saturated carbocycles. The maximum absolute atomic E-state index is 13.0. The molecule has 5 rings (SSSR count). The highest BCUT2D eigenvalue weighted by Gasteiger charge is 2.23. The number of amides is 2. The van der Waals surface area contributed by atoms with E-state index in [1.54, 1.807) is 29.7 Å². The Morgan fingerprint density at radius 1 is 0.705 bits per heavy atom. The number of aromatic nitrogens is 6. The van der Waals surface area contributed by atoms with Crippen molar-refractivity contribution < 1.29 is 14.3 Å². The molecule has 5 aromatic rings. The fourth-order valence-corrected chi connectivity index (χ4v) is 4.57. The average molecular weight is 596 g/mol. The number of imidazole rings is 3. The van der Waals surface area contributed by atoms with Crippen LogP contribution < -0.4 is 5.32 Å². The van der Waals surface area contributed by atoms with Gasteiger partial charge in [-0.2, -0.15) is 0 Å². The maximum Gasteiger partial charge on any atom is 0.410 e. The SMILES string of the molecule is CC(C)(C)OC(=O)N(Cc1ccc(NC(=O)c2ccc(CN(Cc3ncc[nH]3)Cc3ncc[nH]3)cc2)cc1)Cc1ncc[nH]1. The van der Waals surface area contributed by atoms with Crippen molar-refractivity contribution in [3.05, 3.63) is 120 Å². The van der Waals surface area contributed by atoms with Gasteiger partial charge in [-0.05, 0) is 56.2 Å². The summed E-state index contributed by atoms with van der Waals surface area (Å²) in [5.41, 5.74) is 2.53. The quantitative estimate of drug-likeness (QED) is 0.154. The molecule has 0 atom stereocenters. The number of carbonyl (C=O) groups excluding carboxylic acids is 2. The summed E-state index contributed by atoms with van der Waals surface area (Å²) in [6, 6.07) is 15.0. The van der Waals surface area contributed by atoms with E-state index in [-0.39, 0.29) is 12.5 Å². The largest absolute Gasteiger partial charge is 0.444 e. The first kappa shape index (κ1) is 30.2. The molecule has 0 unspecified atom stereocenters. The Morgan fingerprint density at radius 2 is 1.20 bits per heavy atom. The standard InChI is InChI=1S/C32H37N9O3/c1-32(2,3)44-31(43)41(22-29-37-16-17-38-29)19-24-6-10-26(11-7-24)39-30(42)25-8-4-23(5-9-25)18-40(20-27-33-12-13-34-27)21-28-35-14-15-36-28/h4-17H,18-22H2,1-3H3,(H,33,34)(H,35,36)(H,37,38)(H,39,42). The topological polar surface area (TPSA) is 148 Å². The van der Waals surface area contributed by atoms with Crippen LogP contribution in [0.2, 0.25) is 0 Å². The molecule has 0 fully saturated rings. The number of hydrogen-bond acceptors (Lipinski definition) is 7. The molecule has 0 radical (unpaired) electrons. The molecule has 44 heavy (non-hydrogen) atoms. The molecule has 4 N–H and O–H groups in total. The molecule has 0 aliphatic rings. The van der Waals surface area contributed by atoms with Gasteiger partial charge in [0.05, 0.1) is 19.6 Å². The summed E-state index contributed by atoms with van der Waals surface area (Å²) in [5.74, 6) is 2.19. The molecule has 0 aliphatic heterocycles. The Morgan fingerprint density at radius 3 is 1.70 bits per heavy atom. The number of carbonyl (C=O) groups is 2. The van der Waals surface area contributed by atoms with Crippen LogP contribution in [0.5, 0.6) is 0 Å². The molecule has 0 saturated heterocycles. The van der Waals surface area contributed by atoms with E-state index in [0.717, 1.165) is 22.8 Å². The van der Waals surface area contributed by atoms with E-state index in [1.807, 2.05) is 81.7 Å². The number of nitrogens with zero attached hydrogens (tertiary/aromatic N) is 5. The number of benzene rings is 2. The fourth-order valence-electron chi connectivity index (χ4n) is 4.57. The fraction of sp³-hybridized carbons (Fsp3) is 0.281. The van der Waals surface area contributed by atoms with Crippen molar-refractivity contribution in [1.82, 2.24) is 39.7 Å². The molecule has 12 heteroatoms. The zero-order chi connectivity index (χ0) is 30.9. The van der Waals surface area contributed by atoms with Crippen molar-refractivity contribution in [3.8, 4) is 0 Å². The van der Waals surface area contributed by atoms with Crippen molar-refractivity contribution in [1.29, 1.82) is 0 Å². The van der Waals surface area contributed by atoms with Gasteiger partial charge in [-0.1, -0.05) is 24.3 Å². The third kappa shape index (κ3) is 8.88. The van der Waals surface area contributed by atoms with Gasteiger partial charge in [0, 0.05) is 61.5 Å². The second-order valence-electron chi connectivity index (χ2n) is 11.4. The highest BCUT2D eigenvalue weighted by Crippen LogP contribution is 2.18. The van der Waals surface area contributed by atoms with Crippen LogP contribution in [0, 0.1) is 0 Å². The van der Waals surface area contributed by atoms with Crippen molar-refractivity contribution in [2.45, 2.75) is 59.1 Å². The maximum atomic E-state index is 13.0. The van der Waals surface area contributed by atoms with Gasteiger partial charge in [0.2, 0.25) is 0 Å². The molecule has 2 aromatic carbocycles. The molecule has 0 aliphatic carbocycles. The Bertz CT molecular complexity index is 1550. The van der Waals surface area contributed by atoms with Crippen molar-refractivity contribution in [2.75, 3.05) is 5.32 Å². The number of hydrogen-bond donors (Lipinski definition) is 4. The highest BCUT2D eigenvalue weighted by molar-refractivity contribution is 6.04. The van der Waals surface area contributed by atoms with E-state index in [9.17, 15) is 9.59 Å². The molecule has 228 valence electrons. The Balaban J connectivity index is 1.18. The molecule has 2 amide bonds. The van der Waals surface area contributed by atoms with Gasteiger partial charge in [-0.25, -0.2) is 19.7 Å². The number of anilines is 1. The summed E-state index contributed by atoms with van der Waals surface area (Å²) in [6.45, 7) is 8.02. The molecule has 0 bridgehead atoms. The Kier molecular flexibility index (Phi) is 9.50. The number of H-pyrrole nitrogens is 3. The average Bonchev–Trinajstić information content (AvgIpc) is 3.78. The van der Waals surface area contributed by atoms with E-state index in [0.29, 0.717) is 43.3 Å². The van der Waals surface area contributed by atoms with Gasteiger partial charge in [0.25, 0.3) is 5.91 Å². The van der Waals surface area contributed by atoms with Gasteiger partial charge in [0.15, 0.2) is 0 Å². The van der Waals surface area contributed by atoms with Crippen LogP contribution in [-0.2, 0) is 37.5 Å². The second kappa shape index (κ2) is 13.8. The van der Waals surface area contributed by atoms with E-state index >= 15 is 0 Å². The first-order chi connectivity index (χ1) is 21.2. The number of nitrogens with one attached hydrogen (secondary N) is 4. The van der Waals surface area contributed by atoms with Gasteiger partial charge >= 0.3 is 6.09 Å². The molecule has 3 heterocycles. The Hall–Kier alpha value is -5.23. The minimum absolute atomic E-state index is 0.208. The lowest BCUT2D eigenvalue weighted by Gasteiger charge is -2.27. The molecule has 0 spiro atoms. The van der Waals surface area contributed by atoms with Crippen LogP contribution in [-0.4, -0.2) is 57.3 Å². The Labute approximate surface area is 255 Å². The molecular weight excluding hydrogens is 558 g/mol. The number of ether oxygens (including phenoxy) is 1. The van der Waals surface area contributed by atoms with Crippen LogP contribution >= 0.6 is 0 Å². The van der Waals surface area contributed by atoms with Crippen molar-refractivity contribution in [2.24, 2.45) is 0 Å². The minimum atomic E-state index is -0.621. The van der Waals surface area contributed by atoms with Crippen LogP contribution in [0.1, 0.15) is 59.7 Å². The first-order valence-corrected chi connectivity index (χ1v) is 14.3. The summed E-state index contributed by atoms with van der Waals surface area (Å²) in [7, 11) is 0. The molecule has 3 aromatic heterocycles. The van der Waals surface area contributed by atoms with Crippen molar-refractivity contribution in [3.63, 3.8) is 0 Å². The minimum Gasteiger partial charge on any atom is -0.444 e. The van der Waals surface area contributed by atoms with Crippen LogP contribution in [0.3, 0.4) is 0 Å². The highest BCUT2D eigenvalue weighted by atomic mass is 16.6. The normalized spacial score (nSPS) is 11.5. The smallest absolute Gasteiger partial charge is 0.410 e. The lowest BCUT2D eigenvalue weighted by Crippen LogP contribution is -2.36. The van der Waals surface area contributed by atoms with E-state index in [4.69, 9.17) is 4.74 Å². The van der Waals surface area contributed by atoms with E-state index < -0.39 is 11.7 Å². The van der Waals surface area contributed by atoms with Gasteiger partial charge in [-0.15, -0.1) is 0 Å². The summed E-state index contributed by atoms with van der Waals surface area (Å²) in [5, 5.41) is 2.95. The third-order valence-electron chi connectivity index (χ3n) is 6.61.